The van der Waals surface area contributed by atoms with Crippen LogP contribution in [-0.4, -0.2) is 48.5 Å². The number of benzene rings is 2. The molecule has 0 bridgehead atoms. The number of thiazole rings is 1. The Kier molecular flexibility index (Phi) is 7.33. The van der Waals surface area contributed by atoms with E-state index in [4.69, 9.17) is 9.73 Å². The molecule has 2 aliphatic rings. The molecule has 1 aromatic heterocycles. The van der Waals surface area contributed by atoms with Gasteiger partial charge in [-0.2, -0.15) is 4.31 Å². The molecular formula is C25H28N4O5S2. The van der Waals surface area contributed by atoms with E-state index < -0.39 is 10.0 Å². The fourth-order valence-corrected chi connectivity index (χ4v) is 7.22. The molecule has 0 amide bonds. The summed E-state index contributed by atoms with van der Waals surface area (Å²) in [6.07, 6.45) is 5.54. The van der Waals surface area contributed by atoms with Crippen molar-refractivity contribution in [3.8, 4) is 11.3 Å². The number of non-ortho nitro benzene ring substituents is 1. The minimum absolute atomic E-state index is 0.0597. The largest absolute Gasteiger partial charge is 0.379 e. The van der Waals surface area contributed by atoms with Crippen LogP contribution in [0.25, 0.3) is 11.3 Å². The average Bonchev–Trinajstić information content (AvgIpc) is 3.33. The predicted octanol–water partition coefficient (Wildman–Crippen LogP) is 4.88. The van der Waals surface area contributed by atoms with Crippen LogP contribution in [0.5, 0.6) is 0 Å². The van der Waals surface area contributed by atoms with Gasteiger partial charge >= 0.3 is 0 Å². The molecule has 1 aliphatic heterocycles. The molecule has 2 fully saturated rings. The highest BCUT2D eigenvalue weighted by Crippen LogP contribution is 2.33. The Morgan fingerprint density at radius 1 is 1.03 bits per heavy atom. The fourth-order valence-electron chi connectivity index (χ4n) is 4.82. The molecule has 5 rings (SSSR count). The molecule has 3 aromatic rings. The Labute approximate surface area is 213 Å². The molecule has 0 spiro atoms. The Hall–Kier alpha value is -2.86. The Bertz CT molecular complexity index is 1400. The van der Waals surface area contributed by atoms with Crippen molar-refractivity contribution in [3.63, 3.8) is 0 Å². The summed E-state index contributed by atoms with van der Waals surface area (Å²) in [5.74, 6) is 0. The van der Waals surface area contributed by atoms with Crippen LogP contribution < -0.4 is 4.80 Å². The predicted molar refractivity (Wildman–Crippen MR) is 138 cm³/mol. The lowest BCUT2D eigenvalue weighted by Gasteiger charge is -2.26. The van der Waals surface area contributed by atoms with Crippen molar-refractivity contribution in [2.75, 3.05) is 26.3 Å². The van der Waals surface area contributed by atoms with Crippen molar-refractivity contribution in [1.82, 2.24) is 8.87 Å². The number of nitro groups is 1. The maximum absolute atomic E-state index is 12.9. The molecule has 0 radical (unpaired) electrons. The summed E-state index contributed by atoms with van der Waals surface area (Å²) in [5, 5.41) is 13.4. The van der Waals surface area contributed by atoms with Crippen LogP contribution in [0.15, 0.2) is 63.8 Å². The molecular weight excluding hydrogens is 500 g/mol. The molecule has 1 saturated heterocycles. The first-order valence-electron chi connectivity index (χ1n) is 12.1. The molecule has 9 nitrogen and oxygen atoms in total. The van der Waals surface area contributed by atoms with Crippen LogP contribution in [0.1, 0.15) is 38.1 Å². The molecule has 2 heterocycles. The number of aromatic nitrogens is 1. The SMILES string of the molecule is O=[N+]([O-])c1cccc(-c2csc(=Nc3ccc(S(=O)(=O)N4CCOCC4)cc3)n2C2CCCCC2)c1. The summed E-state index contributed by atoms with van der Waals surface area (Å²) < 4.78 is 34.8. The summed E-state index contributed by atoms with van der Waals surface area (Å²) in [6.45, 7) is 1.51. The van der Waals surface area contributed by atoms with Crippen molar-refractivity contribution < 1.29 is 18.1 Å². The zero-order valence-corrected chi connectivity index (χ0v) is 21.4. The Morgan fingerprint density at radius 3 is 2.44 bits per heavy atom. The first-order valence-corrected chi connectivity index (χ1v) is 14.4. The Morgan fingerprint density at radius 2 is 1.75 bits per heavy atom. The molecule has 11 heteroatoms. The molecule has 0 unspecified atom stereocenters. The highest BCUT2D eigenvalue weighted by molar-refractivity contribution is 7.89. The maximum Gasteiger partial charge on any atom is 0.270 e. The third-order valence-corrected chi connectivity index (χ3v) is 9.46. The van der Waals surface area contributed by atoms with Crippen molar-refractivity contribution >= 4 is 32.7 Å². The molecule has 0 atom stereocenters. The number of hydrogen-bond acceptors (Lipinski definition) is 7. The van der Waals surface area contributed by atoms with E-state index in [1.165, 1.54) is 28.1 Å². The van der Waals surface area contributed by atoms with E-state index in [0.717, 1.165) is 41.7 Å². The van der Waals surface area contributed by atoms with Crippen LogP contribution in [0, 0.1) is 10.1 Å². The van der Waals surface area contributed by atoms with Crippen molar-refractivity contribution in [3.05, 3.63) is 68.8 Å². The number of nitrogens with zero attached hydrogens (tertiary/aromatic N) is 4. The second kappa shape index (κ2) is 10.6. The summed E-state index contributed by atoms with van der Waals surface area (Å²) >= 11 is 1.49. The number of hydrogen-bond donors (Lipinski definition) is 0. The van der Waals surface area contributed by atoms with Gasteiger partial charge in [-0.15, -0.1) is 11.3 Å². The van der Waals surface area contributed by atoms with E-state index in [1.807, 2.05) is 11.4 Å². The van der Waals surface area contributed by atoms with Crippen molar-refractivity contribution in [2.24, 2.45) is 4.99 Å². The number of sulfonamides is 1. The Balaban J connectivity index is 1.52. The van der Waals surface area contributed by atoms with Crippen LogP contribution in [0.2, 0.25) is 0 Å². The van der Waals surface area contributed by atoms with Crippen LogP contribution in [-0.2, 0) is 14.8 Å². The van der Waals surface area contributed by atoms with E-state index in [1.54, 1.807) is 36.4 Å². The van der Waals surface area contributed by atoms with Gasteiger partial charge in [-0.3, -0.25) is 10.1 Å². The molecule has 0 N–H and O–H groups in total. The number of ether oxygens (including phenoxy) is 1. The monoisotopic (exact) mass is 528 g/mol. The average molecular weight is 529 g/mol. The third-order valence-electron chi connectivity index (χ3n) is 6.70. The smallest absolute Gasteiger partial charge is 0.270 e. The molecule has 1 saturated carbocycles. The molecule has 2 aromatic carbocycles. The van der Waals surface area contributed by atoms with Crippen molar-refractivity contribution in [1.29, 1.82) is 0 Å². The summed E-state index contributed by atoms with van der Waals surface area (Å²) in [5.41, 5.74) is 2.43. The van der Waals surface area contributed by atoms with Gasteiger partial charge in [0.2, 0.25) is 10.0 Å². The van der Waals surface area contributed by atoms with Crippen molar-refractivity contribution in [2.45, 2.75) is 43.0 Å². The lowest BCUT2D eigenvalue weighted by Crippen LogP contribution is -2.40. The van der Waals surface area contributed by atoms with Gasteiger partial charge in [0.15, 0.2) is 4.80 Å². The number of morpholine rings is 1. The van der Waals surface area contributed by atoms with Gasteiger partial charge in [0.05, 0.1) is 34.4 Å². The highest BCUT2D eigenvalue weighted by Gasteiger charge is 2.26. The summed E-state index contributed by atoms with van der Waals surface area (Å²) in [7, 11) is -3.57. The van der Waals surface area contributed by atoms with E-state index >= 15 is 0 Å². The van der Waals surface area contributed by atoms with E-state index in [0.29, 0.717) is 32.0 Å². The van der Waals surface area contributed by atoms with Crippen LogP contribution in [0.4, 0.5) is 11.4 Å². The maximum atomic E-state index is 12.9. The summed E-state index contributed by atoms with van der Waals surface area (Å²) in [6, 6.07) is 13.6. The van der Waals surface area contributed by atoms with Gasteiger partial charge in [-0.05, 0) is 37.1 Å². The van der Waals surface area contributed by atoms with Crippen LogP contribution >= 0.6 is 11.3 Å². The second-order valence-electron chi connectivity index (χ2n) is 8.99. The molecule has 36 heavy (non-hydrogen) atoms. The number of rotatable bonds is 6. The summed E-state index contributed by atoms with van der Waals surface area (Å²) in [4.78, 5) is 16.9. The minimum Gasteiger partial charge on any atom is -0.379 e. The van der Waals surface area contributed by atoms with Crippen LogP contribution in [0.3, 0.4) is 0 Å². The topological polar surface area (TPSA) is 107 Å². The first-order chi connectivity index (χ1) is 17.4. The zero-order valence-electron chi connectivity index (χ0n) is 19.8. The number of nitro benzene ring substituents is 1. The van der Waals surface area contributed by atoms with Gasteiger partial charge in [0.1, 0.15) is 0 Å². The lowest BCUT2D eigenvalue weighted by molar-refractivity contribution is -0.384. The molecule has 190 valence electrons. The molecule has 1 aliphatic carbocycles. The highest BCUT2D eigenvalue weighted by atomic mass is 32.2. The fraction of sp³-hybridized carbons (Fsp3) is 0.400. The van der Waals surface area contributed by atoms with E-state index in [-0.39, 0.29) is 21.5 Å². The minimum atomic E-state index is -3.57. The van der Waals surface area contributed by atoms with Gasteiger partial charge < -0.3 is 9.30 Å². The second-order valence-corrected chi connectivity index (χ2v) is 11.8. The van der Waals surface area contributed by atoms with Gasteiger partial charge in [0.25, 0.3) is 5.69 Å². The van der Waals surface area contributed by atoms with Gasteiger partial charge in [-0.25, -0.2) is 13.4 Å². The van der Waals surface area contributed by atoms with E-state index in [2.05, 4.69) is 4.57 Å². The standard InChI is InChI=1S/C25H28N4O5S2/c30-29(31)22-8-4-5-19(17-22)24-18-35-25(28(24)21-6-2-1-3-7-21)26-20-9-11-23(12-10-20)36(32,33)27-13-15-34-16-14-27/h4-5,8-12,17-18,21H,1-3,6-7,13-16H2. The van der Waals surface area contributed by atoms with Gasteiger partial charge in [0, 0.05) is 42.2 Å². The van der Waals surface area contributed by atoms with Gasteiger partial charge in [-0.1, -0.05) is 31.4 Å². The lowest BCUT2D eigenvalue weighted by atomic mass is 9.95. The normalized spacial score (nSPS) is 18.4. The zero-order chi connectivity index (χ0) is 25.1. The third kappa shape index (κ3) is 5.15. The van der Waals surface area contributed by atoms with E-state index in [9.17, 15) is 18.5 Å². The quantitative estimate of drug-likeness (QED) is 0.335. The first kappa shape index (κ1) is 24.8.